The van der Waals surface area contributed by atoms with Gasteiger partial charge < -0.3 is 10.6 Å². The van der Waals surface area contributed by atoms with Crippen LogP contribution in [-0.2, 0) is 0 Å². The first-order valence-corrected chi connectivity index (χ1v) is 8.86. The van der Waals surface area contributed by atoms with Crippen molar-refractivity contribution >= 4 is 33.2 Å². The van der Waals surface area contributed by atoms with E-state index < -0.39 is 0 Å². The van der Waals surface area contributed by atoms with Crippen LogP contribution in [0.25, 0.3) is 0 Å². The Balaban J connectivity index is 1.68. The molecule has 1 aromatic rings. The molecule has 0 spiro atoms. The lowest BCUT2D eigenvalue weighted by atomic mass is 9.88. The summed E-state index contributed by atoms with van der Waals surface area (Å²) in [4.78, 5) is 0. The van der Waals surface area contributed by atoms with E-state index in [1.807, 2.05) is 12.1 Å². The van der Waals surface area contributed by atoms with Gasteiger partial charge in [0.2, 0.25) is 0 Å². The first kappa shape index (κ1) is 14.7. The Morgan fingerprint density at radius 3 is 2.80 bits per heavy atom. The molecule has 2 fully saturated rings. The standard InChI is InChI=1S/C16H22BrClN2/c17-13-10-11(18)7-8-16(13)20-15-6-3-4-12(15)14-5-1-2-9-19-14/h7-8,10,12,14-15,19-20H,1-6,9H2. The summed E-state index contributed by atoms with van der Waals surface area (Å²) in [7, 11) is 0. The van der Waals surface area contributed by atoms with Crippen molar-refractivity contribution in [1.29, 1.82) is 0 Å². The summed E-state index contributed by atoms with van der Waals surface area (Å²) in [6, 6.07) is 7.29. The molecule has 3 unspecified atom stereocenters. The van der Waals surface area contributed by atoms with Gasteiger partial charge in [0.25, 0.3) is 0 Å². The number of benzene rings is 1. The van der Waals surface area contributed by atoms with Crippen molar-refractivity contribution in [3.05, 3.63) is 27.7 Å². The van der Waals surface area contributed by atoms with E-state index in [9.17, 15) is 0 Å². The molecular formula is C16H22BrClN2. The first-order valence-electron chi connectivity index (χ1n) is 7.69. The molecule has 2 N–H and O–H groups in total. The summed E-state index contributed by atoms with van der Waals surface area (Å²) < 4.78 is 1.06. The van der Waals surface area contributed by atoms with Crippen LogP contribution in [0.2, 0.25) is 5.02 Å². The highest BCUT2D eigenvalue weighted by Gasteiger charge is 2.34. The lowest BCUT2D eigenvalue weighted by molar-refractivity contribution is 0.286. The number of rotatable bonds is 3. The van der Waals surface area contributed by atoms with E-state index in [-0.39, 0.29) is 0 Å². The van der Waals surface area contributed by atoms with Crippen molar-refractivity contribution in [3.63, 3.8) is 0 Å². The minimum Gasteiger partial charge on any atom is -0.381 e. The Bertz CT molecular complexity index is 460. The fourth-order valence-corrected chi connectivity index (χ4v) is 4.50. The van der Waals surface area contributed by atoms with Gasteiger partial charge in [-0.1, -0.05) is 24.4 Å². The average Bonchev–Trinajstić information content (AvgIpc) is 2.91. The maximum atomic E-state index is 6.02. The predicted molar refractivity (Wildman–Crippen MR) is 89.5 cm³/mol. The average molecular weight is 358 g/mol. The van der Waals surface area contributed by atoms with Crippen molar-refractivity contribution in [1.82, 2.24) is 5.32 Å². The molecule has 4 heteroatoms. The quantitative estimate of drug-likeness (QED) is 0.810. The van der Waals surface area contributed by atoms with Gasteiger partial charge in [0.15, 0.2) is 0 Å². The van der Waals surface area contributed by atoms with E-state index in [0.29, 0.717) is 12.1 Å². The number of nitrogens with one attached hydrogen (secondary N) is 2. The molecule has 20 heavy (non-hydrogen) atoms. The van der Waals surface area contributed by atoms with E-state index in [2.05, 4.69) is 32.6 Å². The number of piperidine rings is 1. The van der Waals surface area contributed by atoms with Crippen molar-refractivity contribution < 1.29 is 0 Å². The zero-order valence-electron chi connectivity index (χ0n) is 11.7. The third-order valence-electron chi connectivity index (χ3n) is 4.71. The molecule has 1 aromatic carbocycles. The Kier molecular flexibility index (Phi) is 4.90. The summed E-state index contributed by atoms with van der Waals surface area (Å²) in [5.74, 6) is 0.762. The van der Waals surface area contributed by atoms with Crippen LogP contribution in [0.4, 0.5) is 5.69 Å². The molecule has 1 aliphatic heterocycles. The topological polar surface area (TPSA) is 24.1 Å². The molecule has 0 aromatic heterocycles. The maximum Gasteiger partial charge on any atom is 0.0487 e. The van der Waals surface area contributed by atoms with Gasteiger partial charge in [-0.15, -0.1) is 0 Å². The molecule has 0 bridgehead atoms. The maximum absolute atomic E-state index is 6.02. The lowest BCUT2D eigenvalue weighted by Crippen LogP contribution is -2.44. The Morgan fingerprint density at radius 2 is 2.05 bits per heavy atom. The normalized spacial score (nSPS) is 30.4. The number of hydrogen-bond donors (Lipinski definition) is 2. The minimum atomic E-state index is 0.586. The summed E-state index contributed by atoms with van der Waals surface area (Å²) >= 11 is 9.62. The van der Waals surface area contributed by atoms with E-state index in [1.54, 1.807) is 0 Å². The molecule has 1 heterocycles. The molecule has 0 radical (unpaired) electrons. The van der Waals surface area contributed by atoms with Gasteiger partial charge in [-0.25, -0.2) is 0 Å². The molecule has 110 valence electrons. The lowest BCUT2D eigenvalue weighted by Gasteiger charge is -2.33. The second-order valence-electron chi connectivity index (χ2n) is 6.03. The second-order valence-corrected chi connectivity index (χ2v) is 7.32. The van der Waals surface area contributed by atoms with Crippen LogP contribution in [0.1, 0.15) is 38.5 Å². The third-order valence-corrected chi connectivity index (χ3v) is 5.60. The first-order chi connectivity index (χ1) is 9.74. The fourth-order valence-electron chi connectivity index (χ4n) is 3.70. The van der Waals surface area contributed by atoms with Gasteiger partial charge >= 0.3 is 0 Å². The largest absolute Gasteiger partial charge is 0.381 e. The second kappa shape index (κ2) is 6.67. The molecule has 2 nitrogen and oxygen atoms in total. The van der Waals surface area contributed by atoms with Gasteiger partial charge in [0.05, 0.1) is 0 Å². The summed E-state index contributed by atoms with van der Waals surface area (Å²) in [6.45, 7) is 1.19. The Morgan fingerprint density at radius 1 is 1.15 bits per heavy atom. The number of halogens is 2. The summed E-state index contributed by atoms with van der Waals surface area (Å²) in [5.41, 5.74) is 1.17. The fraction of sp³-hybridized carbons (Fsp3) is 0.625. The van der Waals surface area contributed by atoms with Crippen molar-refractivity contribution in [2.75, 3.05) is 11.9 Å². The monoisotopic (exact) mass is 356 g/mol. The smallest absolute Gasteiger partial charge is 0.0487 e. The molecule has 2 aliphatic rings. The number of anilines is 1. The molecule has 3 rings (SSSR count). The molecule has 1 saturated carbocycles. The van der Waals surface area contributed by atoms with Crippen LogP contribution in [0, 0.1) is 5.92 Å². The van der Waals surface area contributed by atoms with Crippen LogP contribution in [0.5, 0.6) is 0 Å². The van der Waals surface area contributed by atoms with Gasteiger partial charge in [-0.2, -0.15) is 0 Å². The van der Waals surface area contributed by atoms with Crippen molar-refractivity contribution in [3.8, 4) is 0 Å². The van der Waals surface area contributed by atoms with Crippen LogP contribution in [-0.4, -0.2) is 18.6 Å². The highest BCUT2D eigenvalue weighted by molar-refractivity contribution is 9.10. The predicted octanol–water partition coefficient (Wildman–Crippen LogP) is 4.83. The minimum absolute atomic E-state index is 0.586. The zero-order valence-corrected chi connectivity index (χ0v) is 14.0. The Hall–Kier alpha value is -0.250. The van der Waals surface area contributed by atoms with Crippen LogP contribution >= 0.6 is 27.5 Å². The third kappa shape index (κ3) is 3.32. The van der Waals surface area contributed by atoms with Crippen LogP contribution < -0.4 is 10.6 Å². The SMILES string of the molecule is Clc1ccc(NC2CCCC2C2CCCCN2)c(Br)c1. The summed E-state index contributed by atoms with van der Waals surface area (Å²) in [6.07, 6.45) is 8.02. The molecule has 3 atom stereocenters. The highest BCUT2D eigenvalue weighted by atomic mass is 79.9. The molecule has 1 aliphatic carbocycles. The van der Waals surface area contributed by atoms with E-state index >= 15 is 0 Å². The summed E-state index contributed by atoms with van der Waals surface area (Å²) in [5, 5.41) is 8.24. The Labute approximate surface area is 134 Å². The molecule has 1 saturated heterocycles. The zero-order chi connectivity index (χ0) is 13.9. The van der Waals surface area contributed by atoms with E-state index in [1.165, 1.54) is 50.8 Å². The van der Waals surface area contributed by atoms with Gasteiger partial charge in [0, 0.05) is 27.3 Å². The molecule has 0 amide bonds. The van der Waals surface area contributed by atoms with Crippen molar-refractivity contribution in [2.45, 2.75) is 50.6 Å². The van der Waals surface area contributed by atoms with Crippen molar-refractivity contribution in [2.24, 2.45) is 5.92 Å². The van der Waals surface area contributed by atoms with Gasteiger partial charge in [-0.3, -0.25) is 0 Å². The van der Waals surface area contributed by atoms with Gasteiger partial charge in [0.1, 0.15) is 0 Å². The van der Waals surface area contributed by atoms with Crippen LogP contribution in [0.3, 0.4) is 0 Å². The number of hydrogen-bond acceptors (Lipinski definition) is 2. The highest BCUT2D eigenvalue weighted by Crippen LogP contribution is 2.35. The van der Waals surface area contributed by atoms with Gasteiger partial charge in [-0.05, 0) is 72.3 Å². The van der Waals surface area contributed by atoms with E-state index in [4.69, 9.17) is 11.6 Å². The van der Waals surface area contributed by atoms with E-state index in [0.717, 1.165) is 15.4 Å². The molecular weight excluding hydrogens is 336 g/mol. The van der Waals surface area contributed by atoms with Crippen LogP contribution in [0.15, 0.2) is 22.7 Å².